The van der Waals surface area contributed by atoms with E-state index in [9.17, 15) is 0 Å². The maximum atomic E-state index is 9.16. The summed E-state index contributed by atoms with van der Waals surface area (Å²) in [5, 5.41) is 13.7. The molecule has 1 aliphatic heterocycles. The molecule has 1 unspecified atom stereocenters. The monoisotopic (exact) mass is 329 g/mol. The number of aromatic nitrogens is 2. The van der Waals surface area contributed by atoms with Gasteiger partial charge in [-0.05, 0) is 45.4 Å². The van der Waals surface area contributed by atoms with Crippen LogP contribution in [0, 0.1) is 13.8 Å². The summed E-state index contributed by atoms with van der Waals surface area (Å²) < 4.78 is 7.88. The van der Waals surface area contributed by atoms with Gasteiger partial charge in [0, 0.05) is 23.8 Å². The van der Waals surface area contributed by atoms with Crippen molar-refractivity contribution in [3.8, 4) is 5.75 Å². The van der Waals surface area contributed by atoms with E-state index in [4.69, 9.17) is 9.84 Å². The van der Waals surface area contributed by atoms with Crippen LogP contribution in [0.1, 0.15) is 29.8 Å². The number of ether oxygens (including phenoxy) is 1. The van der Waals surface area contributed by atoms with E-state index in [1.807, 2.05) is 35.0 Å². The quantitative estimate of drug-likeness (QED) is 0.848. The van der Waals surface area contributed by atoms with Gasteiger partial charge in [-0.3, -0.25) is 9.58 Å². The predicted octanol–water partition coefficient (Wildman–Crippen LogP) is 2.54. The largest absolute Gasteiger partial charge is 0.492 e. The molecule has 0 radical (unpaired) electrons. The maximum absolute atomic E-state index is 9.16. The van der Waals surface area contributed by atoms with Gasteiger partial charge in [0.1, 0.15) is 12.4 Å². The van der Waals surface area contributed by atoms with E-state index in [0.29, 0.717) is 12.6 Å². The van der Waals surface area contributed by atoms with Crippen molar-refractivity contribution in [2.24, 2.45) is 0 Å². The van der Waals surface area contributed by atoms with E-state index in [-0.39, 0.29) is 6.61 Å². The third-order valence-corrected chi connectivity index (χ3v) is 4.89. The molecule has 1 atom stereocenters. The Balaban J connectivity index is 1.64. The van der Waals surface area contributed by atoms with E-state index in [1.54, 1.807) is 0 Å². The first-order valence-corrected chi connectivity index (χ1v) is 8.74. The van der Waals surface area contributed by atoms with Crippen LogP contribution in [0.3, 0.4) is 0 Å². The van der Waals surface area contributed by atoms with Crippen molar-refractivity contribution in [1.82, 2.24) is 14.7 Å². The second-order valence-electron chi connectivity index (χ2n) is 6.49. The summed E-state index contributed by atoms with van der Waals surface area (Å²) in [5.74, 6) is 0.937. The Bertz CT molecular complexity index is 654. The highest BCUT2D eigenvalue weighted by Crippen LogP contribution is 2.24. The average molecular weight is 329 g/mol. The molecule has 1 aromatic heterocycles. The molecule has 1 saturated heterocycles. The summed E-state index contributed by atoms with van der Waals surface area (Å²) >= 11 is 0. The number of rotatable bonds is 7. The van der Waals surface area contributed by atoms with Gasteiger partial charge in [0.2, 0.25) is 0 Å². The van der Waals surface area contributed by atoms with Gasteiger partial charge in [0.05, 0.1) is 18.8 Å². The number of para-hydroxylation sites is 1. The molecule has 2 aromatic rings. The number of aliphatic hydroxyl groups is 1. The number of aryl methyl sites for hydroxylation is 1. The fourth-order valence-corrected chi connectivity index (χ4v) is 3.48. The first kappa shape index (κ1) is 17.0. The van der Waals surface area contributed by atoms with Crippen molar-refractivity contribution >= 4 is 0 Å². The van der Waals surface area contributed by atoms with E-state index in [2.05, 4.69) is 23.8 Å². The van der Waals surface area contributed by atoms with Crippen molar-refractivity contribution in [3.05, 3.63) is 47.3 Å². The minimum Gasteiger partial charge on any atom is -0.492 e. The van der Waals surface area contributed by atoms with Crippen LogP contribution in [0.25, 0.3) is 0 Å². The summed E-state index contributed by atoms with van der Waals surface area (Å²) in [6.45, 7) is 7.58. The number of likely N-dealkylation sites (tertiary alicyclic amines) is 1. The number of aliphatic hydroxyl groups excluding tert-OH is 1. The standard InChI is InChI=1S/C19H27N3O2/c1-15-19(16(2)22(20-15)11-12-23)13-21-10-6-7-17(21)14-24-18-8-4-3-5-9-18/h3-5,8-9,17,23H,6-7,10-14H2,1-2H3. The summed E-state index contributed by atoms with van der Waals surface area (Å²) in [6, 6.07) is 10.5. The van der Waals surface area contributed by atoms with E-state index in [0.717, 1.165) is 36.8 Å². The Labute approximate surface area is 143 Å². The SMILES string of the molecule is Cc1nn(CCO)c(C)c1CN1CCCC1COc1ccccc1. The van der Waals surface area contributed by atoms with Crippen molar-refractivity contribution in [2.75, 3.05) is 19.8 Å². The van der Waals surface area contributed by atoms with E-state index >= 15 is 0 Å². The Hall–Kier alpha value is -1.85. The lowest BCUT2D eigenvalue weighted by atomic mass is 10.1. The van der Waals surface area contributed by atoms with Crippen LogP contribution >= 0.6 is 0 Å². The fourth-order valence-electron chi connectivity index (χ4n) is 3.48. The first-order chi connectivity index (χ1) is 11.7. The first-order valence-electron chi connectivity index (χ1n) is 8.74. The molecular formula is C19H27N3O2. The van der Waals surface area contributed by atoms with Crippen LogP contribution < -0.4 is 4.74 Å². The van der Waals surface area contributed by atoms with Crippen LogP contribution in [0.4, 0.5) is 0 Å². The normalized spacial score (nSPS) is 18.2. The molecule has 0 saturated carbocycles. The second-order valence-corrected chi connectivity index (χ2v) is 6.49. The van der Waals surface area contributed by atoms with Gasteiger partial charge in [-0.25, -0.2) is 0 Å². The molecule has 1 fully saturated rings. The molecule has 0 amide bonds. The molecule has 130 valence electrons. The summed E-state index contributed by atoms with van der Waals surface area (Å²) in [7, 11) is 0. The summed E-state index contributed by atoms with van der Waals surface area (Å²) in [5.41, 5.74) is 3.52. The van der Waals surface area contributed by atoms with Gasteiger partial charge in [0.15, 0.2) is 0 Å². The lowest BCUT2D eigenvalue weighted by Gasteiger charge is -2.24. The highest BCUT2D eigenvalue weighted by molar-refractivity contribution is 5.25. The molecule has 2 heterocycles. The Morgan fingerprint density at radius 2 is 2.04 bits per heavy atom. The minimum atomic E-state index is 0.124. The van der Waals surface area contributed by atoms with Crippen LogP contribution in [0.15, 0.2) is 30.3 Å². The van der Waals surface area contributed by atoms with Crippen molar-refractivity contribution < 1.29 is 9.84 Å². The molecule has 1 N–H and O–H groups in total. The van der Waals surface area contributed by atoms with Crippen LogP contribution in [0.5, 0.6) is 5.75 Å². The van der Waals surface area contributed by atoms with Crippen molar-refractivity contribution in [1.29, 1.82) is 0 Å². The molecule has 1 aliphatic rings. The Morgan fingerprint density at radius 3 is 2.79 bits per heavy atom. The second kappa shape index (κ2) is 7.81. The molecule has 3 rings (SSSR count). The number of hydrogen-bond acceptors (Lipinski definition) is 4. The Kier molecular flexibility index (Phi) is 5.53. The average Bonchev–Trinajstić information content (AvgIpc) is 3.14. The van der Waals surface area contributed by atoms with Gasteiger partial charge in [0.25, 0.3) is 0 Å². The predicted molar refractivity (Wildman–Crippen MR) is 94.2 cm³/mol. The highest BCUT2D eigenvalue weighted by Gasteiger charge is 2.27. The van der Waals surface area contributed by atoms with Gasteiger partial charge in [-0.2, -0.15) is 5.10 Å². The number of nitrogens with zero attached hydrogens (tertiary/aromatic N) is 3. The number of benzene rings is 1. The molecule has 0 aliphatic carbocycles. The fraction of sp³-hybridized carbons (Fsp3) is 0.526. The van der Waals surface area contributed by atoms with Gasteiger partial charge < -0.3 is 9.84 Å². The molecule has 5 nitrogen and oxygen atoms in total. The Morgan fingerprint density at radius 1 is 1.25 bits per heavy atom. The zero-order chi connectivity index (χ0) is 16.9. The molecule has 0 bridgehead atoms. The molecule has 5 heteroatoms. The summed E-state index contributed by atoms with van der Waals surface area (Å²) in [6.07, 6.45) is 2.39. The number of hydrogen-bond donors (Lipinski definition) is 1. The zero-order valence-corrected chi connectivity index (χ0v) is 14.6. The highest BCUT2D eigenvalue weighted by atomic mass is 16.5. The zero-order valence-electron chi connectivity index (χ0n) is 14.6. The lowest BCUT2D eigenvalue weighted by Crippen LogP contribution is -2.34. The van der Waals surface area contributed by atoms with E-state index in [1.165, 1.54) is 18.4 Å². The molecule has 0 spiro atoms. The molecular weight excluding hydrogens is 302 g/mol. The van der Waals surface area contributed by atoms with Crippen LogP contribution in [-0.2, 0) is 13.1 Å². The van der Waals surface area contributed by atoms with E-state index < -0.39 is 0 Å². The smallest absolute Gasteiger partial charge is 0.119 e. The van der Waals surface area contributed by atoms with Crippen LogP contribution in [0.2, 0.25) is 0 Å². The third-order valence-electron chi connectivity index (χ3n) is 4.89. The molecule has 1 aromatic carbocycles. The van der Waals surface area contributed by atoms with Crippen molar-refractivity contribution in [2.45, 2.75) is 45.8 Å². The molecule has 24 heavy (non-hydrogen) atoms. The minimum absolute atomic E-state index is 0.124. The lowest BCUT2D eigenvalue weighted by molar-refractivity contribution is 0.166. The van der Waals surface area contributed by atoms with Crippen molar-refractivity contribution in [3.63, 3.8) is 0 Å². The maximum Gasteiger partial charge on any atom is 0.119 e. The van der Waals surface area contributed by atoms with Gasteiger partial charge in [-0.1, -0.05) is 18.2 Å². The van der Waals surface area contributed by atoms with Gasteiger partial charge >= 0.3 is 0 Å². The third kappa shape index (κ3) is 3.79. The van der Waals surface area contributed by atoms with Gasteiger partial charge in [-0.15, -0.1) is 0 Å². The summed E-state index contributed by atoms with van der Waals surface area (Å²) in [4.78, 5) is 2.50. The topological polar surface area (TPSA) is 50.5 Å². The van der Waals surface area contributed by atoms with Crippen LogP contribution in [-0.4, -0.2) is 45.6 Å².